The molecule has 3 nitrogen and oxygen atoms in total. The van der Waals surface area contributed by atoms with Crippen molar-refractivity contribution in [1.29, 1.82) is 0 Å². The van der Waals surface area contributed by atoms with Gasteiger partial charge < -0.3 is 14.4 Å². The zero-order valence-electron chi connectivity index (χ0n) is 25.8. The monoisotopic (exact) mass is 720 g/mol. The van der Waals surface area contributed by atoms with E-state index < -0.39 is 14.9 Å². The summed E-state index contributed by atoms with van der Waals surface area (Å²) >= 11 is 0. The van der Waals surface area contributed by atoms with Gasteiger partial charge in [-0.1, -0.05) is 72.2 Å². The Labute approximate surface area is 255 Å². The summed E-state index contributed by atoms with van der Waals surface area (Å²) in [5, 5.41) is 3.90. The first-order chi connectivity index (χ1) is 20.1. The molecule has 1 fully saturated rings. The van der Waals surface area contributed by atoms with Gasteiger partial charge in [-0.3, -0.25) is 0 Å². The molecule has 6 aromatic rings. The fourth-order valence-corrected chi connectivity index (χ4v) is 6.53. The van der Waals surface area contributed by atoms with Crippen LogP contribution in [0.1, 0.15) is 34.0 Å². The molecule has 0 spiro atoms. The first-order valence-electron chi connectivity index (χ1n) is 14.9. The summed E-state index contributed by atoms with van der Waals surface area (Å²) in [6.07, 6.45) is 6.01. The Bertz CT molecular complexity index is 1840. The largest absolute Gasteiger partial charge is 0.501 e. The third-order valence-corrected chi connectivity index (χ3v) is 9.14. The maximum atomic E-state index is 7.23. The van der Waals surface area contributed by atoms with Crippen molar-refractivity contribution in [3.8, 4) is 22.5 Å². The van der Waals surface area contributed by atoms with Crippen LogP contribution in [-0.2, 0) is 20.1 Å². The van der Waals surface area contributed by atoms with Crippen LogP contribution in [0.3, 0.4) is 0 Å². The molecule has 5 heteroatoms. The molecular formula is C35H32IrN2OSi-2. The molecule has 40 heavy (non-hydrogen) atoms. The molecule has 0 saturated heterocycles. The van der Waals surface area contributed by atoms with Crippen LogP contribution in [-0.4, -0.2) is 18.0 Å². The summed E-state index contributed by atoms with van der Waals surface area (Å²) in [5.74, 6) is 0.724. The number of fused-ring (bicyclic) bond motifs is 3. The fraction of sp³-hybridized carbons (Fsp3) is 0.200. The van der Waals surface area contributed by atoms with Gasteiger partial charge in [-0.15, -0.1) is 54.1 Å². The molecule has 1 saturated carbocycles. The molecule has 3 heterocycles. The summed E-state index contributed by atoms with van der Waals surface area (Å²) in [7, 11) is -1.47. The van der Waals surface area contributed by atoms with E-state index in [2.05, 4.69) is 73.2 Å². The molecule has 203 valence electrons. The SMILES string of the molecule is C[Si](C)(C)c1cccc2oc3c(-c4ccc(C5CC5)cn4)[c-]ccc3c12.[2H]C([2H])([2H])c1ccc(-c2[c-]cccc2)nc1.[Ir]. The molecule has 0 amide bonds. The molecule has 3 aromatic heterocycles. The summed E-state index contributed by atoms with van der Waals surface area (Å²) in [6, 6.07) is 32.1. The van der Waals surface area contributed by atoms with E-state index in [0.717, 1.165) is 39.6 Å². The molecule has 7 rings (SSSR count). The van der Waals surface area contributed by atoms with Gasteiger partial charge in [0.25, 0.3) is 0 Å². The number of hydrogen-bond donors (Lipinski definition) is 0. The average molecular weight is 720 g/mol. The van der Waals surface area contributed by atoms with E-state index in [-0.39, 0.29) is 25.7 Å². The van der Waals surface area contributed by atoms with Gasteiger partial charge in [-0.05, 0) is 54.2 Å². The molecular weight excluding hydrogens is 685 g/mol. The maximum Gasteiger partial charge on any atom is 0.120 e. The van der Waals surface area contributed by atoms with Gasteiger partial charge in [0.1, 0.15) is 5.58 Å². The van der Waals surface area contributed by atoms with Gasteiger partial charge in [0, 0.05) is 42.0 Å². The van der Waals surface area contributed by atoms with Gasteiger partial charge in [-0.25, -0.2) is 0 Å². The minimum atomic E-state index is -2.09. The van der Waals surface area contributed by atoms with Crippen LogP contribution in [0, 0.1) is 19.0 Å². The molecule has 0 unspecified atom stereocenters. The van der Waals surface area contributed by atoms with Crippen molar-refractivity contribution in [3.63, 3.8) is 0 Å². The fourth-order valence-electron chi connectivity index (χ4n) is 4.92. The number of benzene rings is 3. The molecule has 0 aliphatic heterocycles. The predicted molar refractivity (Wildman–Crippen MR) is 164 cm³/mol. The summed E-state index contributed by atoms with van der Waals surface area (Å²) in [5.41, 5.74) is 6.97. The third-order valence-electron chi connectivity index (χ3n) is 7.10. The third kappa shape index (κ3) is 5.88. The molecule has 3 aromatic carbocycles. The first-order valence-corrected chi connectivity index (χ1v) is 16.9. The Balaban J connectivity index is 0.000000188. The Morgan fingerprint density at radius 3 is 2.33 bits per heavy atom. The van der Waals surface area contributed by atoms with Gasteiger partial charge in [0.2, 0.25) is 0 Å². The summed E-state index contributed by atoms with van der Waals surface area (Å²) in [6.45, 7) is 5.06. The second kappa shape index (κ2) is 11.6. The van der Waals surface area contributed by atoms with Crippen LogP contribution >= 0.6 is 0 Å². The van der Waals surface area contributed by atoms with E-state index in [9.17, 15) is 0 Å². The minimum absolute atomic E-state index is 0. The van der Waals surface area contributed by atoms with E-state index in [1.807, 2.05) is 30.5 Å². The van der Waals surface area contributed by atoms with E-state index in [4.69, 9.17) is 13.5 Å². The molecule has 1 aliphatic carbocycles. The molecule has 1 aliphatic rings. The van der Waals surface area contributed by atoms with Crippen LogP contribution in [0.25, 0.3) is 44.5 Å². The number of hydrogen-bond acceptors (Lipinski definition) is 3. The van der Waals surface area contributed by atoms with Gasteiger partial charge in [0.05, 0.1) is 13.7 Å². The van der Waals surface area contributed by atoms with Crippen LogP contribution in [0.15, 0.2) is 95.7 Å². The number of pyridine rings is 2. The minimum Gasteiger partial charge on any atom is -0.501 e. The topological polar surface area (TPSA) is 38.9 Å². The van der Waals surface area contributed by atoms with E-state index in [0.29, 0.717) is 0 Å². The van der Waals surface area contributed by atoms with Crippen molar-refractivity contribution in [2.75, 3.05) is 0 Å². The van der Waals surface area contributed by atoms with Gasteiger partial charge in [-0.2, -0.15) is 0 Å². The van der Waals surface area contributed by atoms with E-state index in [1.165, 1.54) is 40.6 Å². The first kappa shape index (κ1) is 24.4. The van der Waals surface area contributed by atoms with E-state index in [1.54, 1.807) is 18.2 Å². The number of aromatic nitrogens is 2. The smallest absolute Gasteiger partial charge is 0.120 e. The number of nitrogens with zero attached hydrogens (tertiary/aromatic N) is 2. The summed E-state index contributed by atoms with van der Waals surface area (Å²) in [4.78, 5) is 8.84. The van der Waals surface area contributed by atoms with Crippen molar-refractivity contribution in [3.05, 3.63) is 115 Å². The van der Waals surface area contributed by atoms with Crippen LogP contribution in [0.4, 0.5) is 0 Å². The summed E-state index contributed by atoms with van der Waals surface area (Å²) < 4.78 is 28.0. The predicted octanol–water partition coefficient (Wildman–Crippen LogP) is 8.73. The quantitative estimate of drug-likeness (QED) is 0.135. The standard InChI is InChI=1S/C23H22NOSi.C12H10N.Ir/c1-26(2,3)21-9-5-8-20-22(21)18-7-4-6-17(23(18)25-20)19-13-12-16(14-24-19)15-10-11-15;1-10-7-8-12(13-9-10)11-5-3-2-4-6-11;/h4-5,7-9,12-15H,10-11H2,1-3H3;2-5,7-9H,1H3;/q2*-1;/i;1D3;. The normalized spacial score (nSPS) is 14.4. The van der Waals surface area contributed by atoms with Crippen molar-refractivity contribution in [2.24, 2.45) is 0 Å². The number of rotatable bonds is 4. The van der Waals surface area contributed by atoms with E-state index >= 15 is 0 Å². The van der Waals surface area contributed by atoms with Crippen molar-refractivity contribution >= 4 is 35.2 Å². The Morgan fingerprint density at radius 2 is 1.68 bits per heavy atom. The van der Waals surface area contributed by atoms with Crippen LogP contribution < -0.4 is 5.19 Å². The molecule has 0 N–H and O–H groups in total. The Hall–Kier alpha value is -3.37. The molecule has 0 bridgehead atoms. The maximum absolute atomic E-state index is 7.23. The Morgan fingerprint density at radius 1 is 0.850 bits per heavy atom. The second-order valence-corrected chi connectivity index (χ2v) is 16.1. The number of aryl methyl sites for hydroxylation is 1. The number of furan rings is 1. The van der Waals surface area contributed by atoms with Gasteiger partial charge >= 0.3 is 0 Å². The molecule has 1 radical (unpaired) electrons. The Kier molecular flexibility index (Phi) is 7.10. The van der Waals surface area contributed by atoms with Gasteiger partial charge in [0.15, 0.2) is 0 Å². The van der Waals surface area contributed by atoms with Crippen molar-refractivity contribution in [1.82, 2.24) is 9.97 Å². The second-order valence-electron chi connectivity index (χ2n) is 11.1. The van der Waals surface area contributed by atoms with Crippen molar-refractivity contribution in [2.45, 2.75) is 45.3 Å². The molecule has 0 atom stereocenters. The van der Waals surface area contributed by atoms with Crippen LogP contribution in [0.5, 0.6) is 0 Å². The zero-order valence-corrected chi connectivity index (χ0v) is 26.2. The van der Waals surface area contributed by atoms with Crippen molar-refractivity contribution < 1.29 is 28.6 Å². The van der Waals surface area contributed by atoms with Crippen LogP contribution in [0.2, 0.25) is 19.6 Å². The zero-order chi connectivity index (χ0) is 29.5. The average Bonchev–Trinajstić information content (AvgIpc) is 3.77.